The molecule has 2 amide bonds. The van der Waals surface area contributed by atoms with E-state index in [-0.39, 0.29) is 58.4 Å². The fraction of sp³-hybridized carbons (Fsp3) is 0.143. The number of nitrogens with two attached hydrogens (primary N) is 1. The van der Waals surface area contributed by atoms with Crippen LogP contribution in [0.2, 0.25) is 0 Å². The van der Waals surface area contributed by atoms with Crippen molar-refractivity contribution in [1.29, 1.82) is 5.41 Å². The average molecular weight is 595 g/mol. The smallest absolute Gasteiger partial charge is 0.337 e. The molecule has 0 spiro atoms. The van der Waals surface area contributed by atoms with Crippen LogP contribution in [0.15, 0.2) is 67.3 Å². The van der Waals surface area contributed by atoms with Gasteiger partial charge in [0.1, 0.15) is 5.75 Å². The molecule has 3 aromatic rings. The number of nitrogens with zero attached hydrogens (tertiary/aromatic N) is 2. The van der Waals surface area contributed by atoms with Crippen LogP contribution in [0.1, 0.15) is 44.0 Å². The van der Waals surface area contributed by atoms with Gasteiger partial charge >= 0.3 is 11.9 Å². The molecule has 7 N–H and O–H groups in total. The van der Waals surface area contributed by atoms with E-state index in [1.165, 1.54) is 36.4 Å². The van der Waals surface area contributed by atoms with Crippen molar-refractivity contribution in [3.63, 3.8) is 0 Å². The summed E-state index contributed by atoms with van der Waals surface area (Å²) in [5.41, 5.74) is -1.22. The molecule has 1 heterocycles. The largest absolute Gasteiger partial charge is 0.494 e. The van der Waals surface area contributed by atoms with Crippen LogP contribution in [0.5, 0.6) is 11.5 Å². The summed E-state index contributed by atoms with van der Waals surface area (Å²) >= 11 is 0. The number of nitrogen functional groups attached to an aromatic ring is 1. The van der Waals surface area contributed by atoms with Gasteiger partial charge in [-0.3, -0.25) is 15.0 Å². The Morgan fingerprint density at radius 1 is 0.977 bits per heavy atom. The highest BCUT2D eigenvalue weighted by atomic mass is 19.1. The molecule has 1 aromatic heterocycles. The first-order valence-corrected chi connectivity index (χ1v) is 12.4. The molecule has 3 rings (SSSR count). The van der Waals surface area contributed by atoms with Crippen molar-refractivity contribution in [3.05, 3.63) is 95.4 Å². The minimum atomic E-state index is -1.45. The lowest BCUT2D eigenvalue weighted by atomic mass is 10.1. The van der Waals surface area contributed by atoms with E-state index in [9.17, 15) is 33.8 Å². The normalized spacial score (nSPS) is 10.3. The Morgan fingerprint density at radius 2 is 1.63 bits per heavy atom. The number of amides is 2. The number of carboxylic acids is 2. The molecule has 0 saturated carbocycles. The molecule has 0 atom stereocenters. The molecule has 224 valence electrons. The highest BCUT2D eigenvalue weighted by Gasteiger charge is 2.19. The number of aromatic carboxylic acids is 2. The molecule has 0 aliphatic rings. The van der Waals surface area contributed by atoms with Crippen molar-refractivity contribution in [2.45, 2.75) is 12.8 Å². The van der Waals surface area contributed by atoms with Crippen LogP contribution in [0.4, 0.5) is 15.8 Å². The second kappa shape index (κ2) is 14.1. The summed E-state index contributed by atoms with van der Waals surface area (Å²) in [5.74, 6) is 0.317. The van der Waals surface area contributed by atoms with E-state index in [0.29, 0.717) is 17.6 Å². The van der Waals surface area contributed by atoms with Gasteiger partial charge in [0.15, 0.2) is 22.7 Å². The van der Waals surface area contributed by atoms with Crippen LogP contribution in [-0.2, 0) is 4.79 Å². The lowest BCUT2D eigenvalue weighted by molar-refractivity contribution is -0.112. The van der Waals surface area contributed by atoms with Gasteiger partial charge in [0.05, 0.1) is 35.7 Å². The van der Waals surface area contributed by atoms with Crippen LogP contribution in [-0.4, -0.2) is 57.1 Å². The highest BCUT2D eigenvalue weighted by Crippen LogP contribution is 2.28. The number of benzene rings is 2. The summed E-state index contributed by atoms with van der Waals surface area (Å²) in [7, 11) is 0. The molecule has 15 heteroatoms. The van der Waals surface area contributed by atoms with Gasteiger partial charge in [-0.2, -0.15) is 4.79 Å². The standard InChI is InChI=1S/C28H27FN6O8/c1-3-15(2)25(36)32-22-14-23(19(29)13-18(22)28(40)41)43-11-5-4-10-42-16-6-7-17(27(38)39)21(12-16)33-26(37)20-8-9-24(30)35(31)34-20/h3,6-9,12-14,30H,1-2,4-5,10-11,31H2,(H,32,36)(H,33,37)(H,38,39)(H,40,41). The Morgan fingerprint density at radius 3 is 2.26 bits per heavy atom. The monoisotopic (exact) mass is 594 g/mol. The number of hydrogen-bond donors (Lipinski definition) is 6. The maximum absolute atomic E-state index is 14.5. The van der Waals surface area contributed by atoms with E-state index in [4.69, 9.17) is 20.7 Å². The molecule has 0 aliphatic heterocycles. The summed E-state index contributed by atoms with van der Waals surface area (Å²) in [6.45, 7) is 7.06. The number of halogens is 1. The van der Waals surface area contributed by atoms with Crippen LogP contribution in [0.25, 0.3) is 0 Å². The summed E-state index contributed by atoms with van der Waals surface area (Å²) in [4.78, 5) is 48.5. The number of anilines is 2. The quantitative estimate of drug-likeness (QED) is 0.0693. The van der Waals surface area contributed by atoms with Gasteiger partial charge in [-0.1, -0.05) is 19.2 Å². The summed E-state index contributed by atoms with van der Waals surface area (Å²) in [5, 5.41) is 34.9. The maximum atomic E-state index is 14.5. The molecule has 0 radical (unpaired) electrons. The predicted molar refractivity (Wildman–Crippen MR) is 151 cm³/mol. The Balaban J connectivity index is 1.59. The number of carbonyl (C=O) groups is 4. The molecular formula is C28H27FN6O8. The number of nitrogens with one attached hydrogen (secondary N) is 3. The van der Waals surface area contributed by atoms with Crippen LogP contribution in [0.3, 0.4) is 0 Å². The molecule has 0 aliphatic carbocycles. The number of ether oxygens (including phenoxy) is 2. The highest BCUT2D eigenvalue weighted by molar-refractivity contribution is 6.09. The average Bonchev–Trinajstić information content (AvgIpc) is 2.96. The van der Waals surface area contributed by atoms with Gasteiger partial charge in [0.25, 0.3) is 11.8 Å². The SMILES string of the molecule is C=CC(=C)C(=O)Nc1cc(OCCCCOc2ccc(C(=O)O)c(NC(=O)c3ccc(=N)n(N)n3)c2)c(F)cc1C(=O)O. The van der Waals surface area contributed by atoms with Gasteiger partial charge < -0.3 is 36.2 Å². The van der Waals surface area contributed by atoms with Gasteiger partial charge in [0, 0.05) is 17.7 Å². The van der Waals surface area contributed by atoms with E-state index in [1.54, 1.807) is 0 Å². The Hall–Kier alpha value is -5.99. The van der Waals surface area contributed by atoms with Crippen molar-refractivity contribution >= 4 is 35.1 Å². The molecular weight excluding hydrogens is 567 g/mol. The molecule has 0 saturated heterocycles. The number of carboxylic acid groups (broad SMARTS) is 2. The molecule has 0 unspecified atom stereocenters. The summed E-state index contributed by atoms with van der Waals surface area (Å²) in [6, 6.07) is 8.29. The molecule has 14 nitrogen and oxygen atoms in total. The third-order valence-corrected chi connectivity index (χ3v) is 5.72. The first-order valence-electron chi connectivity index (χ1n) is 12.4. The van der Waals surface area contributed by atoms with Crippen molar-refractivity contribution in [3.8, 4) is 11.5 Å². The molecule has 2 aromatic carbocycles. The summed E-state index contributed by atoms with van der Waals surface area (Å²) < 4.78 is 25.5. The predicted octanol–water partition coefficient (Wildman–Crippen LogP) is 2.78. The van der Waals surface area contributed by atoms with E-state index >= 15 is 0 Å². The first-order chi connectivity index (χ1) is 20.4. The summed E-state index contributed by atoms with van der Waals surface area (Å²) in [6.07, 6.45) is 1.98. The van der Waals surface area contributed by atoms with E-state index in [1.807, 2.05) is 0 Å². The third kappa shape index (κ3) is 8.26. The van der Waals surface area contributed by atoms with Crippen LogP contribution >= 0.6 is 0 Å². The number of aromatic nitrogens is 2. The zero-order valence-electron chi connectivity index (χ0n) is 22.6. The van der Waals surface area contributed by atoms with Gasteiger partial charge in [-0.05, 0) is 43.2 Å². The van der Waals surface area contributed by atoms with Gasteiger partial charge in [0.2, 0.25) is 0 Å². The lowest BCUT2D eigenvalue weighted by Gasteiger charge is -2.14. The van der Waals surface area contributed by atoms with Gasteiger partial charge in [-0.25, -0.2) is 14.0 Å². The van der Waals surface area contributed by atoms with E-state index < -0.39 is 35.1 Å². The minimum Gasteiger partial charge on any atom is -0.494 e. The van der Waals surface area contributed by atoms with Crippen LogP contribution in [0, 0.1) is 11.2 Å². The number of carbonyl (C=O) groups excluding carboxylic acids is 2. The molecule has 0 bridgehead atoms. The van der Waals surface area contributed by atoms with Gasteiger partial charge in [-0.15, -0.1) is 5.10 Å². The van der Waals surface area contributed by atoms with Crippen LogP contribution < -0.4 is 31.4 Å². The lowest BCUT2D eigenvalue weighted by Crippen LogP contribution is -2.31. The maximum Gasteiger partial charge on any atom is 0.337 e. The van der Waals surface area contributed by atoms with Crippen molar-refractivity contribution in [2.24, 2.45) is 0 Å². The van der Waals surface area contributed by atoms with E-state index in [2.05, 4.69) is 28.9 Å². The second-order valence-electron chi connectivity index (χ2n) is 8.74. The topological polar surface area (TPSA) is 219 Å². The molecule has 43 heavy (non-hydrogen) atoms. The van der Waals surface area contributed by atoms with Crippen molar-refractivity contribution < 1.29 is 43.3 Å². The Labute approximate surface area is 243 Å². The minimum absolute atomic E-state index is 0.0175. The Bertz CT molecular complexity index is 1670. The molecule has 0 fully saturated rings. The second-order valence-corrected chi connectivity index (χ2v) is 8.74. The third-order valence-electron chi connectivity index (χ3n) is 5.72. The first kappa shape index (κ1) is 31.5. The Kier molecular flexibility index (Phi) is 10.3. The van der Waals surface area contributed by atoms with E-state index in [0.717, 1.165) is 12.1 Å². The fourth-order valence-electron chi connectivity index (χ4n) is 3.46. The van der Waals surface area contributed by atoms with Crippen molar-refractivity contribution in [2.75, 3.05) is 29.7 Å². The zero-order chi connectivity index (χ0) is 31.7. The number of unbranched alkanes of at least 4 members (excludes halogenated alkanes) is 1. The number of rotatable bonds is 14. The van der Waals surface area contributed by atoms with Crippen molar-refractivity contribution in [1.82, 2.24) is 9.89 Å². The zero-order valence-corrected chi connectivity index (χ0v) is 22.6. The fourth-order valence-corrected chi connectivity index (χ4v) is 3.46. The number of hydrogen-bond acceptors (Lipinski definition) is 9.